The second-order valence-corrected chi connectivity index (χ2v) is 3.87. The smallest absolute Gasteiger partial charge is 0.358 e. The van der Waals surface area contributed by atoms with Crippen molar-refractivity contribution >= 4 is 5.97 Å². The lowest BCUT2D eigenvalue weighted by molar-refractivity contribution is 0.0593. The van der Waals surface area contributed by atoms with Gasteiger partial charge in [0.1, 0.15) is 12.4 Å². The zero-order valence-corrected chi connectivity index (χ0v) is 11.2. The number of nitrogens with zero attached hydrogens (tertiary/aromatic N) is 2. The first kappa shape index (κ1) is 13.8. The van der Waals surface area contributed by atoms with Crippen LogP contribution in [0.1, 0.15) is 16.1 Å². The van der Waals surface area contributed by atoms with Crippen LogP contribution in [0, 0.1) is 0 Å². The minimum atomic E-state index is -0.531. The maximum Gasteiger partial charge on any atom is 0.358 e. The molecule has 0 unspecified atom stereocenters. The maximum absolute atomic E-state index is 11.2. The van der Waals surface area contributed by atoms with Crippen LogP contribution in [0.4, 0.5) is 0 Å². The Labute approximate surface area is 116 Å². The van der Waals surface area contributed by atoms with Crippen LogP contribution < -0.4 is 9.47 Å². The van der Waals surface area contributed by atoms with Gasteiger partial charge in [-0.1, -0.05) is 12.1 Å². The number of carbonyl (C=O) groups is 1. The lowest BCUT2D eigenvalue weighted by Gasteiger charge is -2.06. The van der Waals surface area contributed by atoms with Gasteiger partial charge in [-0.2, -0.15) is 0 Å². The molecule has 0 amide bonds. The van der Waals surface area contributed by atoms with Crippen LogP contribution in [0.15, 0.2) is 36.7 Å². The summed E-state index contributed by atoms with van der Waals surface area (Å²) < 4.78 is 15.1. The van der Waals surface area contributed by atoms with E-state index in [2.05, 4.69) is 14.7 Å². The molecule has 20 heavy (non-hydrogen) atoms. The Morgan fingerprint density at radius 2 is 2.05 bits per heavy atom. The molecule has 2 rings (SSSR count). The van der Waals surface area contributed by atoms with Crippen LogP contribution in [0.5, 0.6) is 11.6 Å². The molecule has 0 saturated heterocycles. The van der Waals surface area contributed by atoms with Gasteiger partial charge in [0, 0.05) is 0 Å². The molecule has 0 fully saturated rings. The standard InChI is InChI=1S/C14H14N2O4/c1-18-11-5-3-4-10(6-11)9-20-13-8-15-12(7-16-13)14(17)19-2/h3-8H,9H2,1-2H3. The van der Waals surface area contributed by atoms with E-state index in [9.17, 15) is 4.79 Å². The minimum Gasteiger partial charge on any atom is -0.497 e. The first-order valence-corrected chi connectivity index (χ1v) is 5.89. The van der Waals surface area contributed by atoms with Crippen molar-refractivity contribution in [2.45, 2.75) is 6.61 Å². The van der Waals surface area contributed by atoms with E-state index in [1.54, 1.807) is 7.11 Å². The molecule has 0 spiro atoms. The predicted molar refractivity (Wildman–Crippen MR) is 70.7 cm³/mol. The van der Waals surface area contributed by atoms with Crippen molar-refractivity contribution in [1.29, 1.82) is 0 Å². The molecule has 2 aromatic rings. The van der Waals surface area contributed by atoms with E-state index in [0.717, 1.165) is 11.3 Å². The Morgan fingerprint density at radius 3 is 2.70 bits per heavy atom. The first-order valence-electron chi connectivity index (χ1n) is 5.89. The summed E-state index contributed by atoms with van der Waals surface area (Å²) in [6, 6.07) is 7.52. The third kappa shape index (κ3) is 3.44. The maximum atomic E-state index is 11.2. The fraction of sp³-hybridized carbons (Fsp3) is 0.214. The molecule has 0 atom stereocenters. The molecule has 0 aliphatic heterocycles. The van der Waals surface area contributed by atoms with Crippen molar-refractivity contribution in [2.24, 2.45) is 0 Å². The molecular weight excluding hydrogens is 260 g/mol. The molecule has 1 aromatic carbocycles. The molecule has 104 valence electrons. The molecule has 0 bridgehead atoms. The summed E-state index contributed by atoms with van der Waals surface area (Å²) in [6.07, 6.45) is 2.69. The van der Waals surface area contributed by atoms with Gasteiger partial charge in [-0.05, 0) is 17.7 Å². The lowest BCUT2D eigenvalue weighted by Crippen LogP contribution is -2.05. The molecular formula is C14H14N2O4. The fourth-order valence-electron chi connectivity index (χ4n) is 1.52. The van der Waals surface area contributed by atoms with Gasteiger partial charge in [0.25, 0.3) is 0 Å². The van der Waals surface area contributed by atoms with E-state index in [1.165, 1.54) is 19.5 Å². The SMILES string of the molecule is COC(=O)c1cnc(OCc2cccc(OC)c2)cn1. The van der Waals surface area contributed by atoms with Gasteiger partial charge in [-0.3, -0.25) is 0 Å². The first-order chi connectivity index (χ1) is 9.72. The number of ether oxygens (including phenoxy) is 3. The quantitative estimate of drug-likeness (QED) is 0.775. The molecule has 0 saturated carbocycles. The Bertz CT molecular complexity index is 584. The van der Waals surface area contributed by atoms with Crippen molar-refractivity contribution in [2.75, 3.05) is 14.2 Å². The number of benzene rings is 1. The second-order valence-electron chi connectivity index (χ2n) is 3.87. The number of methoxy groups -OCH3 is 2. The summed E-state index contributed by atoms with van der Waals surface area (Å²) >= 11 is 0. The van der Waals surface area contributed by atoms with E-state index < -0.39 is 5.97 Å². The number of esters is 1. The number of hydrogen-bond donors (Lipinski definition) is 0. The second kappa shape index (κ2) is 6.51. The Morgan fingerprint density at radius 1 is 1.20 bits per heavy atom. The van der Waals surface area contributed by atoms with Gasteiger partial charge in [0.05, 0.1) is 26.6 Å². The zero-order chi connectivity index (χ0) is 14.4. The van der Waals surface area contributed by atoms with Crippen molar-refractivity contribution in [3.05, 3.63) is 47.9 Å². The molecule has 1 heterocycles. The van der Waals surface area contributed by atoms with Gasteiger partial charge in [0.15, 0.2) is 5.69 Å². The average Bonchev–Trinajstić information content (AvgIpc) is 2.53. The van der Waals surface area contributed by atoms with Crippen molar-refractivity contribution in [3.63, 3.8) is 0 Å². The molecule has 0 aliphatic carbocycles. The zero-order valence-electron chi connectivity index (χ0n) is 11.2. The van der Waals surface area contributed by atoms with Crippen LogP contribution >= 0.6 is 0 Å². The monoisotopic (exact) mass is 274 g/mol. The molecule has 6 nitrogen and oxygen atoms in total. The van der Waals surface area contributed by atoms with Crippen molar-refractivity contribution in [3.8, 4) is 11.6 Å². The van der Waals surface area contributed by atoms with Crippen LogP contribution in [0.3, 0.4) is 0 Å². The molecule has 0 aliphatic rings. The van der Waals surface area contributed by atoms with Gasteiger partial charge >= 0.3 is 5.97 Å². The average molecular weight is 274 g/mol. The Balaban J connectivity index is 1.98. The highest BCUT2D eigenvalue weighted by atomic mass is 16.5. The summed E-state index contributed by atoms with van der Waals surface area (Å²) in [5.41, 5.74) is 1.09. The van der Waals surface area contributed by atoms with Gasteiger partial charge < -0.3 is 14.2 Å². The van der Waals surface area contributed by atoms with Crippen molar-refractivity contribution in [1.82, 2.24) is 9.97 Å². The van der Waals surface area contributed by atoms with Gasteiger partial charge in [-0.15, -0.1) is 0 Å². The van der Waals surface area contributed by atoms with Crippen molar-refractivity contribution < 1.29 is 19.0 Å². The summed E-state index contributed by atoms with van der Waals surface area (Å²) in [7, 11) is 2.90. The van der Waals surface area contributed by atoms with Crippen LogP contribution in [-0.4, -0.2) is 30.2 Å². The number of hydrogen-bond acceptors (Lipinski definition) is 6. The topological polar surface area (TPSA) is 70.5 Å². The summed E-state index contributed by atoms with van der Waals surface area (Å²) in [5, 5.41) is 0. The van der Waals surface area contributed by atoms with Gasteiger partial charge in [-0.25, -0.2) is 14.8 Å². The van der Waals surface area contributed by atoms with Crippen LogP contribution in [-0.2, 0) is 11.3 Å². The number of aromatic nitrogens is 2. The third-order valence-electron chi connectivity index (χ3n) is 2.54. The van der Waals surface area contributed by atoms with E-state index >= 15 is 0 Å². The Kier molecular flexibility index (Phi) is 4.49. The van der Waals surface area contributed by atoms with Crippen LogP contribution in [0.25, 0.3) is 0 Å². The third-order valence-corrected chi connectivity index (χ3v) is 2.54. The number of rotatable bonds is 5. The number of carbonyl (C=O) groups excluding carboxylic acids is 1. The molecule has 0 N–H and O–H groups in total. The highest BCUT2D eigenvalue weighted by molar-refractivity contribution is 5.86. The molecule has 1 aromatic heterocycles. The van der Waals surface area contributed by atoms with E-state index in [4.69, 9.17) is 9.47 Å². The fourth-order valence-corrected chi connectivity index (χ4v) is 1.52. The highest BCUT2D eigenvalue weighted by Gasteiger charge is 2.07. The highest BCUT2D eigenvalue weighted by Crippen LogP contribution is 2.14. The Hall–Kier alpha value is -2.63. The van der Waals surface area contributed by atoms with Gasteiger partial charge in [0.2, 0.25) is 5.88 Å². The largest absolute Gasteiger partial charge is 0.497 e. The summed E-state index contributed by atoms with van der Waals surface area (Å²) in [4.78, 5) is 19.1. The summed E-state index contributed by atoms with van der Waals surface area (Å²) in [6.45, 7) is 0.337. The minimum absolute atomic E-state index is 0.140. The predicted octanol–water partition coefficient (Wildman–Crippen LogP) is 1.85. The normalized spacial score (nSPS) is 9.90. The lowest BCUT2D eigenvalue weighted by atomic mass is 10.2. The van der Waals surface area contributed by atoms with E-state index in [0.29, 0.717) is 12.5 Å². The van der Waals surface area contributed by atoms with E-state index in [-0.39, 0.29) is 5.69 Å². The van der Waals surface area contributed by atoms with E-state index in [1.807, 2.05) is 24.3 Å². The van der Waals surface area contributed by atoms with Crippen LogP contribution in [0.2, 0.25) is 0 Å². The molecule has 6 heteroatoms. The summed E-state index contributed by atoms with van der Waals surface area (Å²) in [5.74, 6) is 0.565. The molecule has 0 radical (unpaired) electrons.